The van der Waals surface area contributed by atoms with E-state index in [1.54, 1.807) is 18.2 Å². The van der Waals surface area contributed by atoms with Gasteiger partial charge in [-0.1, -0.05) is 12.1 Å². The number of benzene rings is 2. The van der Waals surface area contributed by atoms with Crippen LogP contribution in [-0.2, 0) is 24.3 Å². The van der Waals surface area contributed by atoms with Gasteiger partial charge in [0.1, 0.15) is 11.9 Å². The molecule has 0 aromatic heterocycles. The largest absolute Gasteiger partial charge is 0.493 e. The highest BCUT2D eigenvalue weighted by molar-refractivity contribution is 7.90. The molecule has 0 saturated heterocycles. The van der Waals surface area contributed by atoms with E-state index in [0.29, 0.717) is 28.5 Å². The summed E-state index contributed by atoms with van der Waals surface area (Å²) in [5.41, 5.74) is 0.702. The molecule has 0 unspecified atom stereocenters. The van der Waals surface area contributed by atoms with Gasteiger partial charge in [0.2, 0.25) is 5.75 Å². The molecule has 3 rings (SSSR count). The third-order valence-electron chi connectivity index (χ3n) is 4.62. The van der Waals surface area contributed by atoms with Crippen LogP contribution in [0.3, 0.4) is 0 Å². The molecule has 12 heteroatoms. The van der Waals surface area contributed by atoms with Crippen LogP contribution >= 0.6 is 0 Å². The van der Waals surface area contributed by atoms with Gasteiger partial charge in [-0.2, -0.15) is 0 Å². The molecule has 2 aromatic carbocycles. The van der Waals surface area contributed by atoms with Crippen LogP contribution in [0.25, 0.3) is 0 Å². The van der Waals surface area contributed by atoms with Crippen LogP contribution in [0, 0.1) is 0 Å². The molecule has 0 spiro atoms. The van der Waals surface area contributed by atoms with Gasteiger partial charge in [-0.15, -0.1) is 0 Å². The second-order valence-corrected chi connectivity index (χ2v) is 8.48. The number of carbonyl (C=O) groups excluding carboxylic acids is 2. The van der Waals surface area contributed by atoms with E-state index >= 15 is 0 Å². The molecule has 176 valence electrons. The Labute approximate surface area is 190 Å². The SMILES string of the molecule is COc1cc(NC(=O)COC(=O)[C@H](C)N=C2NS(=O)(=O)c3ccccc32)cc(OC)c1OC. The number of hydrogen-bond donors (Lipinski definition) is 2. The number of carbonyl (C=O) groups is 2. The first kappa shape index (κ1) is 23.9. The Balaban J connectivity index is 1.63. The maximum atomic E-state index is 12.3. The van der Waals surface area contributed by atoms with E-state index in [4.69, 9.17) is 18.9 Å². The van der Waals surface area contributed by atoms with Gasteiger partial charge in [-0.25, -0.2) is 13.2 Å². The van der Waals surface area contributed by atoms with Crippen LogP contribution in [0.5, 0.6) is 17.2 Å². The minimum atomic E-state index is -3.73. The number of nitrogens with one attached hydrogen (secondary N) is 2. The summed E-state index contributed by atoms with van der Waals surface area (Å²) in [6.07, 6.45) is 0. The Hall–Kier alpha value is -3.80. The molecule has 0 bridgehead atoms. The summed E-state index contributed by atoms with van der Waals surface area (Å²) < 4.78 is 47.3. The van der Waals surface area contributed by atoms with Crippen LogP contribution in [0.4, 0.5) is 5.69 Å². The zero-order chi connectivity index (χ0) is 24.2. The number of sulfonamides is 1. The van der Waals surface area contributed by atoms with Gasteiger partial charge in [0.05, 0.1) is 26.2 Å². The average Bonchev–Trinajstić information content (AvgIpc) is 3.06. The summed E-state index contributed by atoms with van der Waals surface area (Å²) >= 11 is 0. The molecular formula is C21H23N3O8S. The van der Waals surface area contributed by atoms with Crippen molar-refractivity contribution >= 4 is 33.4 Å². The zero-order valence-corrected chi connectivity index (χ0v) is 19.2. The molecule has 1 amide bonds. The quantitative estimate of drug-likeness (QED) is 0.542. The van der Waals surface area contributed by atoms with Gasteiger partial charge in [0, 0.05) is 23.4 Å². The first-order valence-electron chi connectivity index (χ1n) is 9.66. The Bertz CT molecular complexity index is 1180. The van der Waals surface area contributed by atoms with E-state index in [2.05, 4.69) is 15.0 Å². The third kappa shape index (κ3) is 5.17. The van der Waals surface area contributed by atoms with Crippen molar-refractivity contribution in [3.05, 3.63) is 42.0 Å². The Morgan fingerprint density at radius 1 is 1.06 bits per heavy atom. The fourth-order valence-electron chi connectivity index (χ4n) is 3.08. The number of methoxy groups -OCH3 is 3. The van der Waals surface area contributed by atoms with Gasteiger partial charge >= 0.3 is 5.97 Å². The van der Waals surface area contributed by atoms with Gasteiger partial charge < -0.3 is 24.3 Å². The van der Waals surface area contributed by atoms with Crippen molar-refractivity contribution in [2.75, 3.05) is 33.3 Å². The van der Waals surface area contributed by atoms with Crippen LogP contribution in [0.2, 0.25) is 0 Å². The van der Waals surface area contributed by atoms with Crippen LogP contribution in [0.15, 0.2) is 46.3 Å². The molecule has 1 aliphatic rings. The predicted molar refractivity (Wildman–Crippen MR) is 118 cm³/mol. The Morgan fingerprint density at radius 2 is 1.70 bits per heavy atom. The Morgan fingerprint density at radius 3 is 2.30 bits per heavy atom. The summed E-state index contributed by atoms with van der Waals surface area (Å²) in [5.74, 6) is -0.324. The zero-order valence-electron chi connectivity index (χ0n) is 18.4. The number of amides is 1. The topological polar surface area (TPSA) is 142 Å². The third-order valence-corrected chi connectivity index (χ3v) is 6.02. The lowest BCUT2D eigenvalue weighted by molar-refractivity contribution is -0.148. The molecule has 33 heavy (non-hydrogen) atoms. The second-order valence-electron chi connectivity index (χ2n) is 6.83. The minimum Gasteiger partial charge on any atom is -0.493 e. The molecule has 11 nitrogen and oxygen atoms in total. The van der Waals surface area contributed by atoms with Crippen molar-refractivity contribution in [3.8, 4) is 17.2 Å². The van der Waals surface area contributed by atoms with E-state index in [-0.39, 0.29) is 10.7 Å². The highest BCUT2D eigenvalue weighted by Gasteiger charge is 2.31. The maximum absolute atomic E-state index is 12.3. The number of fused-ring (bicyclic) bond motifs is 1. The van der Waals surface area contributed by atoms with Crippen LogP contribution in [0.1, 0.15) is 12.5 Å². The number of anilines is 1. The van der Waals surface area contributed by atoms with Crippen molar-refractivity contribution in [3.63, 3.8) is 0 Å². The van der Waals surface area contributed by atoms with E-state index < -0.39 is 34.5 Å². The van der Waals surface area contributed by atoms with E-state index in [1.165, 1.54) is 46.5 Å². The molecule has 2 aromatic rings. The van der Waals surface area contributed by atoms with Crippen LogP contribution < -0.4 is 24.2 Å². The fourth-order valence-corrected chi connectivity index (χ4v) is 4.32. The first-order chi connectivity index (χ1) is 15.7. The van der Waals surface area contributed by atoms with Crippen molar-refractivity contribution in [2.24, 2.45) is 4.99 Å². The van der Waals surface area contributed by atoms with E-state index in [1.807, 2.05) is 0 Å². The summed E-state index contributed by atoms with van der Waals surface area (Å²) in [7, 11) is 0.608. The van der Waals surface area contributed by atoms with Crippen molar-refractivity contribution in [1.29, 1.82) is 0 Å². The number of nitrogens with zero attached hydrogens (tertiary/aromatic N) is 1. The number of aliphatic imine (C=N–C) groups is 1. The minimum absolute atomic E-state index is 0.0388. The van der Waals surface area contributed by atoms with Gasteiger partial charge in [0.25, 0.3) is 15.9 Å². The molecule has 0 fully saturated rings. The molecule has 1 aliphatic heterocycles. The second kappa shape index (κ2) is 9.77. The van der Waals surface area contributed by atoms with Gasteiger partial charge in [-0.05, 0) is 19.1 Å². The first-order valence-corrected chi connectivity index (χ1v) is 11.1. The lowest BCUT2D eigenvalue weighted by Gasteiger charge is -2.15. The number of rotatable bonds is 8. The molecule has 1 atom stereocenters. The summed E-state index contributed by atoms with van der Waals surface area (Å²) in [6.45, 7) is 0.856. The molecular weight excluding hydrogens is 454 g/mol. The molecule has 2 N–H and O–H groups in total. The van der Waals surface area contributed by atoms with Gasteiger partial charge in [0.15, 0.2) is 18.1 Å². The van der Waals surface area contributed by atoms with E-state index in [0.717, 1.165) is 0 Å². The van der Waals surface area contributed by atoms with Crippen molar-refractivity contribution in [1.82, 2.24) is 4.72 Å². The highest BCUT2D eigenvalue weighted by Crippen LogP contribution is 2.39. The lowest BCUT2D eigenvalue weighted by atomic mass is 10.2. The van der Waals surface area contributed by atoms with Crippen LogP contribution in [-0.4, -0.2) is 60.1 Å². The molecule has 0 aliphatic carbocycles. The molecule has 0 radical (unpaired) electrons. The van der Waals surface area contributed by atoms with Gasteiger partial charge in [-0.3, -0.25) is 14.5 Å². The number of esters is 1. The standard InChI is InChI=1S/C21H23N3O8S/c1-12(22-20-14-7-5-6-8-17(14)33(27,28)24-20)21(26)32-11-18(25)23-13-9-15(29-2)19(31-4)16(10-13)30-3/h5-10,12H,11H2,1-4H3,(H,22,24)(H,23,25)/t12-/m0/s1. The molecule has 1 heterocycles. The molecule has 0 saturated carbocycles. The predicted octanol–water partition coefficient (Wildman–Crippen LogP) is 1.32. The highest BCUT2D eigenvalue weighted by atomic mass is 32.2. The fraction of sp³-hybridized carbons (Fsp3) is 0.286. The normalized spacial score (nSPS) is 15.7. The monoisotopic (exact) mass is 477 g/mol. The van der Waals surface area contributed by atoms with Crippen molar-refractivity contribution in [2.45, 2.75) is 17.9 Å². The average molecular weight is 477 g/mol. The lowest BCUT2D eigenvalue weighted by Crippen LogP contribution is -2.28. The summed E-state index contributed by atoms with van der Waals surface area (Å²) in [6, 6.07) is 8.27. The Kier molecular flexibility index (Phi) is 7.07. The van der Waals surface area contributed by atoms with Crippen molar-refractivity contribution < 1.29 is 37.0 Å². The number of hydrogen-bond acceptors (Lipinski definition) is 9. The van der Waals surface area contributed by atoms with E-state index in [9.17, 15) is 18.0 Å². The smallest absolute Gasteiger partial charge is 0.331 e. The maximum Gasteiger partial charge on any atom is 0.331 e. The number of ether oxygens (including phenoxy) is 4. The number of amidine groups is 1. The summed E-state index contributed by atoms with van der Waals surface area (Å²) in [5, 5.41) is 2.57. The summed E-state index contributed by atoms with van der Waals surface area (Å²) in [4.78, 5) is 28.8.